The van der Waals surface area contributed by atoms with Gasteiger partial charge in [0.25, 0.3) is 0 Å². The van der Waals surface area contributed by atoms with E-state index >= 15 is 0 Å². The Kier molecular flexibility index (Phi) is 6.31. The van der Waals surface area contributed by atoms with Gasteiger partial charge in [0.1, 0.15) is 18.0 Å². The number of unbranched alkanes of at least 4 members (excludes halogenated alkanes) is 1. The summed E-state index contributed by atoms with van der Waals surface area (Å²) < 4.78 is 0. The van der Waals surface area contributed by atoms with E-state index in [1.807, 2.05) is 6.07 Å². The van der Waals surface area contributed by atoms with Gasteiger partial charge in [-0.25, -0.2) is 9.97 Å². The lowest BCUT2D eigenvalue weighted by Gasteiger charge is -2.32. The van der Waals surface area contributed by atoms with Gasteiger partial charge in [-0.3, -0.25) is 0 Å². The maximum atomic E-state index is 4.38. The molecule has 1 N–H and O–H groups in total. The number of aromatic nitrogens is 2. The second-order valence-electron chi connectivity index (χ2n) is 7.38. The van der Waals surface area contributed by atoms with Crippen LogP contribution in [0.5, 0.6) is 0 Å². The molecular weight excluding hydrogens is 322 g/mol. The van der Waals surface area contributed by atoms with E-state index in [0.717, 1.165) is 42.9 Å². The fourth-order valence-electron chi connectivity index (χ4n) is 3.30. The average molecular weight is 354 g/mol. The molecule has 1 aromatic heterocycles. The van der Waals surface area contributed by atoms with E-state index in [1.54, 1.807) is 6.33 Å². The average Bonchev–Trinajstić information content (AvgIpc) is 2.67. The van der Waals surface area contributed by atoms with E-state index in [2.05, 4.69) is 70.2 Å². The van der Waals surface area contributed by atoms with Crippen LogP contribution in [0.25, 0.3) is 0 Å². The number of rotatable bonds is 7. The highest BCUT2D eigenvalue weighted by Crippen LogP contribution is 2.25. The van der Waals surface area contributed by atoms with Crippen LogP contribution in [0.15, 0.2) is 36.7 Å². The third-order valence-corrected chi connectivity index (χ3v) is 5.18. The minimum Gasteiger partial charge on any atom is -0.372 e. The SMILES string of the molecule is CCCCN(C)c1cc(Nc2ccc(N3CCC(C)CC3)cc2)ncn1. The fraction of sp³-hybridized carbons (Fsp3) is 0.524. The van der Waals surface area contributed by atoms with Gasteiger partial charge >= 0.3 is 0 Å². The molecule has 1 aliphatic rings. The molecule has 5 nitrogen and oxygen atoms in total. The smallest absolute Gasteiger partial charge is 0.135 e. The standard InChI is InChI=1S/C21H31N5/c1-4-5-12-25(3)21-15-20(22-16-23-21)24-18-6-8-19(9-7-18)26-13-10-17(2)11-14-26/h6-9,15-17H,4-5,10-14H2,1-3H3,(H,22,23,24). The maximum Gasteiger partial charge on any atom is 0.135 e. The fourth-order valence-corrected chi connectivity index (χ4v) is 3.30. The second-order valence-corrected chi connectivity index (χ2v) is 7.38. The van der Waals surface area contributed by atoms with Crippen molar-refractivity contribution >= 4 is 23.0 Å². The third kappa shape index (κ3) is 4.87. The van der Waals surface area contributed by atoms with Crippen LogP contribution in [0, 0.1) is 5.92 Å². The summed E-state index contributed by atoms with van der Waals surface area (Å²) in [5.74, 6) is 2.64. The molecule has 2 aromatic rings. The summed E-state index contributed by atoms with van der Waals surface area (Å²) in [7, 11) is 2.08. The third-order valence-electron chi connectivity index (χ3n) is 5.18. The summed E-state index contributed by atoms with van der Waals surface area (Å²) in [6.07, 6.45) is 6.55. The first kappa shape index (κ1) is 18.5. The van der Waals surface area contributed by atoms with Crippen molar-refractivity contribution in [1.29, 1.82) is 0 Å². The van der Waals surface area contributed by atoms with Crippen molar-refractivity contribution in [2.75, 3.05) is 41.8 Å². The van der Waals surface area contributed by atoms with Gasteiger partial charge in [0, 0.05) is 44.1 Å². The molecule has 0 saturated carbocycles. The topological polar surface area (TPSA) is 44.3 Å². The Balaban J connectivity index is 1.62. The summed E-state index contributed by atoms with van der Waals surface area (Å²) in [5, 5.41) is 3.40. The van der Waals surface area contributed by atoms with Gasteiger partial charge in [-0.1, -0.05) is 20.3 Å². The summed E-state index contributed by atoms with van der Waals surface area (Å²) >= 11 is 0. The Hall–Kier alpha value is -2.30. The molecule has 1 fully saturated rings. The maximum absolute atomic E-state index is 4.38. The molecule has 140 valence electrons. The van der Waals surface area contributed by atoms with E-state index in [0.29, 0.717) is 0 Å². The van der Waals surface area contributed by atoms with Crippen LogP contribution in [0.1, 0.15) is 39.5 Å². The summed E-state index contributed by atoms with van der Waals surface area (Å²) in [6.45, 7) is 7.88. The Morgan fingerprint density at radius 2 is 1.88 bits per heavy atom. The van der Waals surface area contributed by atoms with E-state index in [9.17, 15) is 0 Å². The van der Waals surface area contributed by atoms with Crippen molar-refractivity contribution in [3.63, 3.8) is 0 Å². The van der Waals surface area contributed by atoms with Crippen molar-refractivity contribution < 1.29 is 0 Å². The molecule has 1 aliphatic heterocycles. The van der Waals surface area contributed by atoms with Gasteiger partial charge in [0.2, 0.25) is 0 Å². The van der Waals surface area contributed by atoms with Gasteiger partial charge in [-0.05, 0) is 49.4 Å². The van der Waals surface area contributed by atoms with Crippen LogP contribution >= 0.6 is 0 Å². The summed E-state index contributed by atoms with van der Waals surface area (Å²) in [5.41, 5.74) is 2.37. The number of nitrogens with zero attached hydrogens (tertiary/aromatic N) is 4. The molecule has 0 aliphatic carbocycles. The quantitative estimate of drug-likeness (QED) is 0.782. The van der Waals surface area contributed by atoms with Crippen molar-refractivity contribution in [2.24, 2.45) is 5.92 Å². The molecule has 3 rings (SSSR count). The van der Waals surface area contributed by atoms with E-state index in [-0.39, 0.29) is 0 Å². The molecule has 1 saturated heterocycles. The summed E-state index contributed by atoms with van der Waals surface area (Å²) in [4.78, 5) is 13.4. The van der Waals surface area contributed by atoms with Gasteiger partial charge in [-0.15, -0.1) is 0 Å². The highest BCUT2D eigenvalue weighted by molar-refractivity contribution is 5.62. The monoisotopic (exact) mass is 353 g/mol. The van der Waals surface area contributed by atoms with Crippen LogP contribution in [0.4, 0.5) is 23.0 Å². The number of benzene rings is 1. The highest BCUT2D eigenvalue weighted by atomic mass is 15.2. The Labute approximate surface area is 157 Å². The molecule has 0 atom stereocenters. The lowest BCUT2D eigenvalue weighted by atomic mass is 9.99. The van der Waals surface area contributed by atoms with E-state index < -0.39 is 0 Å². The zero-order valence-electron chi connectivity index (χ0n) is 16.3. The Bertz CT molecular complexity index is 677. The van der Waals surface area contributed by atoms with Crippen molar-refractivity contribution in [3.8, 4) is 0 Å². The predicted molar refractivity (Wildman–Crippen MR) is 111 cm³/mol. The van der Waals surface area contributed by atoms with Crippen LogP contribution in [-0.4, -0.2) is 36.6 Å². The molecule has 0 spiro atoms. The molecule has 0 amide bonds. The lowest BCUT2D eigenvalue weighted by molar-refractivity contribution is 0.438. The molecule has 0 unspecified atom stereocenters. The van der Waals surface area contributed by atoms with Crippen molar-refractivity contribution in [3.05, 3.63) is 36.7 Å². The Morgan fingerprint density at radius 1 is 1.15 bits per heavy atom. The zero-order chi connectivity index (χ0) is 18.4. The first-order valence-electron chi connectivity index (χ1n) is 9.81. The highest BCUT2D eigenvalue weighted by Gasteiger charge is 2.15. The van der Waals surface area contributed by atoms with Gasteiger partial charge in [0.15, 0.2) is 0 Å². The molecule has 26 heavy (non-hydrogen) atoms. The second kappa shape index (κ2) is 8.88. The number of hydrogen-bond donors (Lipinski definition) is 1. The molecule has 5 heteroatoms. The number of nitrogens with one attached hydrogen (secondary N) is 1. The van der Waals surface area contributed by atoms with Gasteiger partial charge < -0.3 is 15.1 Å². The van der Waals surface area contributed by atoms with Crippen LogP contribution in [0.2, 0.25) is 0 Å². The number of hydrogen-bond acceptors (Lipinski definition) is 5. The first-order valence-corrected chi connectivity index (χ1v) is 9.81. The van der Waals surface area contributed by atoms with Crippen molar-refractivity contribution in [2.45, 2.75) is 39.5 Å². The molecule has 0 bridgehead atoms. The molecule has 2 heterocycles. The molecule has 0 radical (unpaired) electrons. The normalized spacial score (nSPS) is 15.1. The van der Waals surface area contributed by atoms with Gasteiger partial charge in [-0.2, -0.15) is 0 Å². The van der Waals surface area contributed by atoms with Crippen molar-refractivity contribution in [1.82, 2.24) is 9.97 Å². The molecular formula is C21H31N5. The number of anilines is 4. The zero-order valence-corrected chi connectivity index (χ0v) is 16.3. The van der Waals surface area contributed by atoms with Crippen LogP contribution in [0.3, 0.4) is 0 Å². The minimum atomic E-state index is 0.831. The summed E-state index contributed by atoms with van der Waals surface area (Å²) in [6, 6.07) is 10.7. The van der Waals surface area contributed by atoms with Crippen LogP contribution in [-0.2, 0) is 0 Å². The van der Waals surface area contributed by atoms with Crippen LogP contribution < -0.4 is 15.1 Å². The molecule has 1 aromatic carbocycles. The van der Waals surface area contributed by atoms with E-state index in [4.69, 9.17) is 0 Å². The number of piperidine rings is 1. The largest absolute Gasteiger partial charge is 0.372 e. The predicted octanol–water partition coefficient (Wildman–Crippen LogP) is 4.69. The lowest BCUT2D eigenvalue weighted by Crippen LogP contribution is -2.32. The first-order chi connectivity index (χ1) is 12.7. The van der Waals surface area contributed by atoms with E-state index in [1.165, 1.54) is 31.4 Å². The van der Waals surface area contributed by atoms with Gasteiger partial charge in [0.05, 0.1) is 0 Å². The minimum absolute atomic E-state index is 0.831. The Morgan fingerprint density at radius 3 is 2.58 bits per heavy atom.